The number of carbonyl (C=O) groups is 1. The van der Waals surface area contributed by atoms with Crippen LogP contribution in [0.4, 0.5) is 11.4 Å². The van der Waals surface area contributed by atoms with Crippen LogP contribution in [0.2, 0.25) is 0 Å². The van der Waals surface area contributed by atoms with Crippen LogP contribution in [0.15, 0.2) is 42.6 Å². The molecule has 136 valence electrons. The minimum Gasteiger partial charge on any atom is -0.508 e. The van der Waals surface area contributed by atoms with Gasteiger partial charge in [-0.15, -0.1) is 12.4 Å². The van der Waals surface area contributed by atoms with Gasteiger partial charge in [0.2, 0.25) is 0 Å². The minimum atomic E-state index is -0.419. The molecule has 0 atom stereocenters. The number of aromatic hydroxyl groups is 1. The Bertz CT molecular complexity index is 940. The molecule has 6 heteroatoms. The maximum absolute atomic E-state index is 12.4. The van der Waals surface area contributed by atoms with E-state index in [0.717, 1.165) is 27.7 Å². The number of ether oxygens (including phenoxy) is 1. The fourth-order valence-electron chi connectivity index (χ4n) is 2.85. The van der Waals surface area contributed by atoms with Crippen molar-refractivity contribution in [3.63, 3.8) is 0 Å². The van der Waals surface area contributed by atoms with Gasteiger partial charge in [-0.05, 0) is 56.7 Å². The van der Waals surface area contributed by atoms with E-state index in [9.17, 15) is 9.90 Å². The molecule has 3 rings (SSSR count). The number of phenolic OH excluding ortho intramolecular Hbond substituents is 1. The summed E-state index contributed by atoms with van der Waals surface area (Å²) in [5.74, 6) is -0.236. The Balaban J connectivity index is 0.00000243. The van der Waals surface area contributed by atoms with Crippen molar-refractivity contribution in [2.75, 3.05) is 11.9 Å². The predicted molar refractivity (Wildman–Crippen MR) is 106 cm³/mol. The van der Waals surface area contributed by atoms with Gasteiger partial charge in [-0.3, -0.25) is 4.98 Å². The molecule has 0 aliphatic rings. The van der Waals surface area contributed by atoms with Crippen LogP contribution in [0, 0.1) is 13.8 Å². The predicted octanol–water partition coefficient (Wildman–Crippen LogP) is 4.90. The lowest BCUT2D eigenvalue weighted by molar-refractivity contribution is 0.0527. The summed E-state index contributed by atoms with van der Waals surface area (Å²) in [6.45, 7) is 6.07. The van der Waals surface area contributed by atoms with E-state index in [2.05, 4.69) is 16.4 Å². The molecule has 26 heavy (non-hydrogen) atoms. The minimum absolute atomic E-state index is 0. The fraction of sp³-hybridized carbons (Fsp3) is 0.200. The Morgan fingerprint density at radius 1 is 1.19 bits per heavy atom. The highest BCUT2D eigenvalue weighted by atomic mass is 35.5. The Hall–Kier alpha value is -2.79. The first kappa shape index (κ1) is 19.5. The number of fused-ring (bicyclic) bond motifs is 1. The molecular formula is C20H21ClN2O3. The van der Waals surface area contributed by atoms with Gasteiger partial charge < -0.3 is 15.2 Å². The van der Waals surface area contributed by atoms with E-state index >= 15 is 0 Å². The molecule has 1 heterocycles. The van der Waals surface area contributed by atoms with Gasteiger partial charge in [0.25, 0.3) is 0 Å². The second-order valence-corrected chi connectivity index (χ2v) is 5.92. The van der Waals surface area contributed by atoms with E-state index in [0.29, 0.717) is 17.9 Å². The second kappa shape index (κ2) is 8.06. The van der Waals surface area contributed by atoms with E-state index in [1.165, 1.54) is 0 Å². The average molecular weight is 373 g/mol. The number of aromatic nitrogens is 1. The van der Waals surface area contributed by atoms with Crippen molar-refractivity contribution in [2.45, 2.75) is 20.8 Å². The molecular weight excluding hydrogens is 352 g/mol. The number of pyridine rings is 1. The maximum atomic E-state index is 12.4. The molecule has 0 unspecified atom stereocenters. The Labute approximate surface area is 158 Å². The molecule has 0 aliphatic carbocycles. The number of benzene rings is 2. The van der Waals surface area contributed by atoms with Crippen molar-refractivity contribution in [1.82, 2.24) is 4.98 Å². The van der Waals surface area contributed by atoms with Gasteiger partial charge in [-0.1, -0.05) is 11.6 Å². The van der Waals surface area contributed by atoms with E-state index in [1.807, 2.05) is 19.9 Å². The zero-order valence-electron chi connectivity index (χ0n) is 14.9. The first-order chi connectivity index (χ1) is 12.0. The lowest BCUT2D eigenvalue weighted by Gasteiger charge is -2.15. The fourth-order valence-corrected chi connectivity index (χ4v) is 2.85. The topological polar surface area (TPSA) is 71.5 Å². The Morgan fingerprint density at radius 3 is 2.54 bits per heavy atom. The van der Waals surface area contributed by atoms with Gasteiger partial charge in [-0.2, -0.15) is 0 Å². The van der Waals surface area contributed by atoms with Gasteiger partial charge in [0.05, 0.1) is 17.8 Å². The van der Waals surface area contributed by atoms with Crippen LogP contribution in [-0.4, -0.2) is 22.7 Å². The van der Waals surface area contributed by atoms with Crippen molar-refractivity contribution >= 4 is 40.7 Å². The average Bonchev–Trinajstić information content (AvgIpc) is 2.57. The normalized spacial score (nSPS) is 10.3. The number of anilines is 2. The van der Waals surface area contributed by atoms with E-state index < -0.39 is 5.97 Å². The van der Waals surface area contributed by atoms with Gasteiger partial charge in [0.15, 0.2) is 0 Å². The number of rotatable bonds is 4. The van der Waals surface area contributed by atoms with Crippen LogP contribution < -0.4 is 5.32 Å². The monoisotopic (exact) mass is 372 g/mol. The van der Waals surface area contributed by atoms with Crippen molar-refractivity contribution < 1.29 is 14.6 Å². The lowest BCUT2D eigenvalue weighted by Crippen LogP contribution is -2.09. The van der Waals surface area contributed by atoms with Crippen molar-refractivity contribution in [3.8, 4) is 5.75 Å². The number of aryl methyl sites for hydroxylation is 2. The lowest BCUT2D eigenvalue weighted by atomic mass is 10.0. The van der Waals surface area contributed by atoms with Crippen molar-refractivity contribution in [1.29, 1.82) is 0 Å². The highest BCUT2D eigenvalue weighted by molar-refractivity contribution is 6.06. The molecule has 0 saturated heterocycles. The SMILES string of the molecule is CCOC(=O)c1cnc2c(C)cc(C)cc2c1Nc1ccc(O)cc1.Cl. The summed E-state index contributed by atoms with van der Waals surface area (Å²) in [4.78, 5) is 16.8. The molecule has 0 fully saturated rings. The smallest absolute Gasteiger partial charge is 0.341 e. The second-order valence-electron chi connectivity index (χ2n) is 5.92. The molecule has 1 aromatic heterocycles. The highest BCUT2D eigenvalue weighted by Gasteiger charge is 2.18. The molecule has 0 bridgehead atoms. The molecule has 3 aromatic rings. The number of hydrogen-bond donors (Lipinski definition) is 2. The standard InChI is InChI=1S/C20H20N2O3.ClH/c1-4-25-20(24)17-11-21-18-13(3)9-12(2)10-16(18)19(17)22-14-5-7-15(23)8-6-14;/h5-11,23H,4H2,1-3H3,(H,21,22);1H. The third-order valence-electron chi connectivity index (χ3n) is 3.94. The van der Waals surface area contributed by atoms with Crippen LogP contribution in [0.25, 0.3) is 10.9 Å². The van der Waals surface area contributed by atoms with Gasteiger partial charge >= 0.3 is 5.97 Å². The molecule has 0 spiro atoms. The van der Waals surface area contributed by atoms with Crippen LogP contribution in [0.3, 0.4) is 0 Å². The van der Waals surface area contributed by atoms with Gasteiger partial charge in [0.1, 0.15) is 11.3 Å². The Kier molecular flexibility index (Phi) is 6.05. The molecule has 0 saturated carbocycles. The van der Waals surface area contributed by atoms with Crippen molar-refractivity contribution in [2.24, 2.45) is 0 Å². The van der Waals surface area contributed by atoms with Crippen molar-refractivity contribution in [3.05, 3.63) is 59.3 Å². The summed E-state index contributed by atoms with van der Waals surface area (Å²) in [6.07, 6.45) is 1.55. The third kappa shape index (κ3) is 3.89. The van der Waals surface area contributed by atoms with Crippen LogP contribution in [-0.2, 0) is 4.74 Å². The first-order valence-electron chi connectivity index (χ1n) is 8.12. The number of carbonyl (C=O) groups excluding carboxylic acids is 1. The summed E-state index contributed by atoms with van der Waals surface area (Å²) < 4.78 is 5.18. The van der Waals surface area contributed by atoms with Crippen LogP contribution >= 0.6 is 12.4 Å². The molecule has 2 N–H and O–H groups in total. The molecule has 5 nitrogen and oxygen atoms in total. The first-order valence-corrected chi connectivity index (χ1v) is 8.12. The summed E-state index contributed by atoms with van der Waals surface area (Å²) >= 11 is 0. The molecule has 0 amide bonds. The largest absolute Gasteiger partial charge is 0.508 e. The Morgan fingerprint density at radius 2 is 1.88 bits per heavy atom. The summed E-state index contributed by atoms with van der Waals surface area (Å²) in [5, 5.41) is 13.6. The number of halogens is 1. The molecule has 2 aromatic carbocycles. The summed E-state index contributed by atoms with van der Waals surface area (Å²) in [6, 6.07) is 10.7. The zero-order chi connectivity index (χ0) is 18.0. The maximum Gasteiger partial charge on any atom is 0.341 e. The van der Waals surface area contributed by atoms with Crippen LogP contribution in [0.5, 0.6) is 5.75 Å². The highest BCUT2D eigenvalue weighted by Crippen LogP contribution is 2.32. The zero-order valence-corrected chi connectivity index (χ0v) is 15.7. The van der Waals surface area contributed by atoms with Gasteiger partial charge in [0, 0.05) is 17.3 Å². The van der Waals surface area contributed by atoms with Crippen LogP contribution in [0.1, 0.15) is 28.4 Å². The van der Waals surface area contributed by atoms with E-state index in [1.54, 1.807) is 37.4 Å². The molecule has 0 aliphatic heterocycles. The number of nitrogens with one attached hydrogen (secondary N) is 1. The van der Waals surface area contributed by atoms with E-state index in [4.69, 9.17) is 4.74 Å². The van der Waals surface area contributed by atoms with Gasteiger partial charge in [-0.25, -0.2) is 4.79 Å². The summed E-state index contributed by atoms with van der Waals surface area (Å²) in [7, 11) is 0. The quantitative estimate of drug-likeness (QED) is 0.503. The summed E-state index contributed by atoms with van der Waals surface area (Å²) in [5.41, 5.74) is 4.75. The number of hydrogen-bond acceptors (Lipinski definition) is 5. The number of phenols is 1. The number of nitrogens with zero attached hydrogens (tertiary/aromatic N) is 1. The third-order valence-corrected chi connectivity index (χ3v) is 3.94. The van der Waals surface area contributed by atoms with E-state index in [-0.39, 0.29) is 18.2 Å². The number of esters is 1. The molecule has 0 radical (unpaired) electrons.